The van der Waals surface area contributed by atoms with Gasteiger partial charge in [-0.1, -0.05) is 38.0 Å². The minimum Gasteiger partial charge on any atom is -0.360 e. The zero-order valence-corrected chi connectivity index (χ0v) is 10.3. The van der Waals surface area contributed by atoms with Crippen LogP contribution in [0.3, 0.4) is 0 Å². The van der Waals surface area contributed by atoms with E-state index in [1.165, 1.54) is 30.6 Å². The molecule has 0 atom stereocenters. The Bertz CT molecular complexity index is 303. The third-order valence-corrected chi connectivity index (χ3v) is 2.97. The quantitative estimate of drug-likeness (QED) is 0.582. The van der Waals surface area contributed by atoms with Gasteiger partial charge in [0.15, 0.2) is 3.95 Å². The van der Waals surface area contributed by atoms with Gasteiger partial charge < -0.3 is 5.32 Å². The van der Waals surface area contributed by atoms with Crippen molar-refractivity contribution >= 4 is 28.7 Å². The Morgan fingerprint density at radius 2 is 2.29 bits per heavy atom. The first-order valence-electron chi connectivity index (χ1n) is 4.98. The fraction of sp³-hybridized carbons (Fsp3) is 0.778. The minimum absolute atomic E-state index is 0.731. The number of nitrogens with zero attached hydrogens (tertiary/aromatic N) is 1. The van der Waals surface area contributed by atoms with E-state index in [2.05, 4.69) is 29.4 Å². The van der Waals surface area contributed by atoms with Gasteiger partial charge in [-0.25, -0.2) is 0 Å². The van der Waals surface area contributed by atoms with E-state index in [9.17, 15) is 0 Å². The molecule has 0 spiro atoms. The number of nitrogens with one attached hydrogen (secondary N) is 2. The van der Waals surface area contributed by atoms with E-state index in [4.69, 9.17) is 12.2 Å². The number of aromatic amines is 1. The lowest BCUT2D eigenvalue weighted by Crippen LogP contribution is -2.01. The van der Waals surface area contributed by atoms with Crippen LogP contribution in [-0.4, -0.2) is 16.7 Å². The van der Waals surface area contributed by atoms with E-state index in [0.717, 1.165) is 21.5 Å². The molecule has 1 aromatic heterocycles. The summed E-state index contributed by atoms with van der Waals surface area (Å²) in [6.07, 6.45) is 3.78. The van der Waals surface area contributed by atoms with Crippen LogP contribution in [0.2, 0.25) is 0 Å². The van der Waals surface area contributed by atoms with Crippen molar-refractivity contribution < 1.29 is 0 Å². The second-order valence-corrected chi connectivity index (χ2v) is 5.40. The highest BCUT2D eigenvalue weighted by Gasteiger charge is 1.96. The summed E-state index contributed by atoms with van der Waals surface area (Å²) >= 11 is 6.42. The Hall–Kier alpha value is -0.420. The molecule has 3 nitrogen and oxygen atoms in total. The summed E-state index contributed by atoms with van der Waals surface area (Å²) in [5.74, 6) is 0.808. The van der Waals surface area contributed by atoms with E-state index in [-0.39, 0.29) is 0 Å². The number of hydrogen-bond donors (Lipinski definition) is 2. The van der Waals surface area contributed by atoms with E-state index in [0.29, 0.717) is 0 Å². The molecule has 0 aromatic carbocycles. The summed E-state index contributed by atoms with van der Waals surface area (Å²) in [5, 5.41) is 10.9. The topological polar surface area (TPSA) is 40.7 Å². The highest BCUT2D eigenvalue weighted by molar-refractivity contribution is 7.73. The average molecular weight is 231 g/mol. The van der Waals surface area contributed by atoms with Gasteiger partial charge in [0.05, 0.1) is 0 Å². The summed E-state index contributed by atoms with van der Waals surface area (Å²) in [4.78, 5) is 0. The highest BCUT2D eigenvalue weighted by Crippen LogP contribution is 2.11. The first-order valence-corrected chi connectivity index (χ1v) is 6.20. The van der Waals surface area contributed by atoms with Gasteiger partial charge in [-0.2, -0.15) is 0 Å². The van der Waals surface area contributed by atoms with Crippen LogP contribution in [0.25, 0.3) is 0 Å². The lowest BCUT2D eigenvalue weighted by Gasteiger charge is -2.04. The molecule has 0 fully saturated rings. The smallest absolute Gasteiger partial charge is 0.204 e. The van der Waals surface area contributed by atoms with Crippen molar-refractivity contribution in [2.45, 2.75) is 33.1 Å². The predicted molar refractivity (Wildman–Crippen MR) is 64.5 cm³/mol. The number of anilines is 1. The zero-order valence-electron chi connectivity index (χ0n) is 8.67. The van der Waals surface area contributed by atoms with E-state index >= 15 is 0 Å². The summed E-state index contributed by atoms with van der Waals surface area (Å²) in [6.45, 7) is 5.50. The van der Waals surface area contributed by atoms with E-state index in [1.807, 2.05) is 0 Å². The summed E-state index contributed by atoms with van der Waals surface area (Å²) in [5.41, 5.74) is 0. The normalized spacial score (nSPS) is 10.8. The van der Waals surface area contributed by atoms with Crippen LogP contribution in [0.5, 0.6) is 0 Å². The molecule has 0 bridgehead atoms. The zero-order chi connectivity index (χ0) is 10.4. The molecule has 80 valence electrons. The van der Waals surface area contributed by atoms with Gasteiger partial charge in [-0.05, 0) is 24.6 Å². The molecule has 0 saturated heterocycles. The molecule has 1 heterocycles. The van der Waals surface area contributed by atoms with Gasteiger partial charge in [-0.15, -0.1) is 5.10 Å². The van der Waals surface area contributed by atoms with Crippen molar-refractivity contribution in [1.29, 1.82) is 0 Å². The van der Waals surface area contributed by atoms with Gasteiger partial charge in [-0.3, -0.25) is 5.10 Å². The monoisotopic (exact) mass is 231 g/mol. The van der Waals surface area contributed by atoms with Gasteiger partial charge in [0.1, 0.15) is 0 Å². The lowest BCUT2D eigenvalue weighted by atomic mass is 10.1. The molecule has 5 heteroatoms. The van der Waals surface area contributed by atoms with Crippen molar-refractivity contribution in [3.05, 3.63) is 3.95 Å². The molecule has 1 rings (SSSR count). The first-order chi connectivity index (χ1) is 6.68. The molecule has 0 aliphatic rings. The van der Waals surface area contributed by atoms with Crippen LogP contribution in [-0.2, 0) is 0 Å². The van der Waals surface area contributed by atoms with Crippen molar-refractivity contribution in [1.82, 2.24) is 10.2 Å². The van der Waals surface area contributed by atoms with Crippen LogP contribution >= 0.6 is 23.6 Å². The summed E-state index contributed by atoms with van der Waals surface area (Å²) in [6, 6.07) is 0. The van der Waals surface area contributed by atoms with E-state index in [1.54, 1.807) is 0 Å². The maximum atomic E-state index is 4.93. The van der Waals surface area contributed by atoms with Crippen molar-refractivity contribution in [3.8, 4) is 0 Å². The molecule has 0 aliphatic carbocycles. The van der Waals surface area contributed by atoms with Gasteiger partial charge in [0, 0.05) is 6.54 Å². The fourth-order valence-corrected chi connectivity index (χ4v) is 1.99. The van der Waals surface area contributed by atoms with Crippen molar-refractivity contribution in [2.75, 3.05) is 11.9 Å². The van der Waals surface area contributed by atoms with E-state index < -0.39 is 0 Å². The Morgan fingerprint density at radius 3 is 2.86 bits per heavy atom. The molecule has 1 aromatic rings. The van der Waals surface area contributed by atoms with Crippen LogP contribution in [0.15, 0.2) is 0 Å². The second kappa shape index (κ2) is 6.14. The van der Waals surface area contributed by atoms with Crippen molar-refractivity contribution in [3.63, 3.8) is 0 Å². The maximum absolute atomic E-state index is 4.93. The van der Waals surface area contributed by atoms with Crippen LogP contribution in [0.1, 0.15) is 33.1 Å². The SMILES string of the molecule is CC(C)CCCCNc1n[nH]c(=S)s1. The van der Waals surface area contributed by atoms with Crippen LogP contribution in [0, 0.1) is 9.87 Å². The van der Waals surface area contributed by atoms with Gasteiger partial charge in [0.25, 0.3) is 0 Å². The Kier molecular flexibility index (Phi) is 5.11. The summed E-state index contributed by atoms with van der Waals surface area (Å²) in [7, 11) is 0. The molecule has 0 saturated carbocycles. The number of hydrogen-bond acceptors (Lipinski definition) is 4. The third-order valence-electron chi connectivity index (χ3n) is 1.92. The number of aromatic nitrogens is 2. The van der Waals surface area contributed by atoms with Crippen molar-refractivity contribution in [2.24, 2.45) is 5.92 Å². The maximum Gasteiger partial charge on any atom is 0.204 e. The molecular weight excluding hydrogens is 214 g/mol. The van der Waals surface area contributed by atoms with Crippen LogP contribution in [0.4, 0.5) is 5.13 Å². The lowest BCUT2D eigenvalue weighted by molar-refractivity contribution is 0.544. The standard InChI is InChI=1S/C9H17N3S2/c1-7(2)5-3-4-6-10-8-11-12-9(13)14-8/h7H,3-6H2,1-2H3,(H,10,11)(H,12,13). The molecule has 2 N–H and O–H groups in total. The second-order valence-electron chi connectivity index (χ2n) is 3.73. The molecule has 0 amide bonds. The molecule has 0 aliphatic heterocycles. The third kappa shape index (κ3) is 4.72. The number of unbranched alkanes of at least 4 members (excludes halogenated alkanes) is 1. The van der Waals surface area contributed by atoms with Gasteiger partial charge >= 0.3 is 0 Å². The molecule has 0 radical (unpaired) electrons. The largest absolute Gasteiger partial charge is 0.360 e. The van der Waals surface area contributed by atoms with Crippen LogP contribution < -0.4 is 5.32 Å². The number of H-pyrrole nitrogens is 1. The molecule has 14 heavy (non-hydrogen) atoms. The van der Waals surface area contributed by atoms with Gasteiger partial charge in [0.2, 0.25) is 5.13 Å². The first kappa shape index (κ1) is 11.7. The summed E-state index contributed by atoms with van der Waals surface area (Å²) < 4.78 is 0.731. The Labute approximate surface area is 93.9 Å². The highest BCUT2D eigenvalue weighted by atomic mass is 32.1. The predicted octanol–water partition coefficient (Wildman–Crippen LogP) is 3.44. The molecule has 0 unspecified atom stereocenters. The molecular formula is C9H17N3S2. The fourth-order valence-electron chi connectivity index (χ4n) is 1.18. The Balaban J connectivity index is 2.07. The minimum atomic E-state index is 0.731. The Morgan fingerprint density at radius 1 is 1.50 bits per heavy atom. The number of rotatable bonds is 6. The average Bonchev–Trinajstić information content (AvgIpc) is 2.50.